The molecule has 1 amide bonds. The average molecular weight is 288 g/mol. The molecule has 3 rings (SSSR count). The van der Waals surface area contributed by atoms with Gasteiger partial charge in [-0.1, -0.05) is 43.2 Å². The molecule has 4 nitrogen and oxygen atoms in total. The van der Waals surface area contributed by atoms with E-state index in [0.29, 0.717) is 19.6 Å². The van der Waals surface area contributed by atoms with Crippen molar-refractivity contribution in [3.05, 3.63) is 35.9 Å². The number of benzene rings is 1. The first-order chi connectivity index (χ1) is 10.3. The summed E-state index contributed by atoms with van der Waals surface area (Å²) in [6, 6.07) is 9.91. The van der Waals surface area contributed by atoms with Crippen LogP contribution in [0.1, 0.15) is 43.7 Å². The Labute approximate surface area is 126 Å². The second-order valence-corrected chi connectivity index (χ2v) is 6.07. The lowest BCUT2D eigenvalue weighted by Crippen LogP contribution is -2.55. The van der Waals surface area contributed by atoms with Crippen molar-refractivity contribution in [2.45, 2.75) is 50.3 Å². The van der Waals surface area contributed by atoms with Gasteiger partial charge in [-0.25, -0.2) is 0 Å². The van der Waals surface area contributed by atoms with Crippen LogP contribution in [0.15, 0.2) is 30.3 Å². The van der Waals surface area contributed by atoms with E-state index < -0.39 is 0 Å². The predicted molar refractivity (Wildman–Crippen MR) is 81.7 cm³/mol. The maximum atomic E-state index is 12.6. The van der Waals surface area contributed by atoms with E-state index in [0.717, 1.165) is 18.4 Å². The fourth-order valence-corrected chi connectivity index (χ4v) is 3.53. The molecule has 1 saturated carbocycles. The van der Waals surface area contributed by atoms with Gasteiger partial charge in [0.15, 0.2) is 0 Å². The summed E-state index contributed by atoms with van der Waals surface area (Å²) in [7, 11) is 0. The molecule has 2 aliphatic rings. The van der Waals surface area contributed by atoms with Crippen LogP contribution >= 0.6 is 0 Å². The van der Waals surface area contributed by atoms with Crippen LogP contribution in [0, 0.1) is 0 Å². The lowest BCUT2D eigenvalue weighted by atomic mass is 9.89. The molecule has 1 aliphatic heterocycles. The molecule has 0 spiro atoms. The molecule has 3 unspecified atom stereocenters. The van der Waals surface area contributed by atoms with Gasteiger partial charge in [0, 0.05) is 19.0 Å². The summed E-state index contributed by atoms with van der Waals surface area (Å²) in [5.74, 6) is 0.173. The van der Waals surface area contributed by atoms with Crippen molar-refractivity contribution in [3.8, 4) is 0 Å². The lowest BCUT2D eigenvalue weighted by Gasteiger charge is -2.44. The highest BCUT2D eigenvalue weighted by Gasteiger charge is 2.36. The normalized spacial score (nSPS) is 27.0. The molecule has 1 heterocycles. The highest BCUT2D eigenvalue weighted by Crippen LogP contribution is 2.29. The number of nitrogens with two attached hydrogens (primary N) is 1. The number of carbonyl (C=O) groups excluding carboxylic acids is 1. The van der Waals surface area contributed by atoms with Gasteiger partial charge in [-0.2, -0.15) is 0 Å². The molecule has 4 heteroatoms. The second kappa shape index (κ2) is 6.58. The van der Waals surface area contributed by atoms with Crippen molar-refractivity contribution in [1.29, 1.82) is 0 Å². The van der Waals surface area contributed by atoms with E-state index in [9.17, 15) is 4.79 Å². The van der Waals surface area contributed by atoms with Crippen molar-refractivity contribution in [1.82, 2.24) is 4.90 Å². The zero-order valence-electron chi connectivity index (χ0n) is 12.4. The summed E-state index contributed by atoms with van der Waals surface area (Å²) in [6.07, 6.45) is 5.18. The van der Waals surface area contributed by atoms with Gasteiger partial charge < -0.3 is 15.4 Å². The number of amides is 1. The Kier molecular flexibility index (Phi) is 4.56. The smallest absolute Gasteiger partial charge is 0.224 e. The number of nitrogens with zero attached hydrogens (tertiary/aromatic N) is 1. The number of hydrogen-bond donors (Lipinski definition) is 1. The minimum Gasteiger partial charge on any atom is -0.374 e. The van der Waals surface area contributed by atoms with Crippen LogP contribution in [-0.2, 0) is 9.53 Å². The van der Waals surface area contributed by atoms with Gasteiger partial charge >= 0.3 is 0 Å². The largest absolute Gasteiger partial charge is 0.374 e. The summed E-state index contributed by atoms with van der Waals surface area (Å²) in [6.45, 7) is 1.37. The van der Waals surface area contributed by atoms with Crippen LogP contribution in [0.5, 0.6) is 0 Å². The van der Waals surface area contributed by atoms with E-state index in [1.807, 2.05) is 35.2 Å². The molecule has 1 saturated heterocycles. The Hall–Kier alpha value is -1.39. The van der Waals surface area contributed by atoms with Crippen LogP contribution in [0.2, 0.25) is 0 Å². The first-order valence-corrected chi connectivity index (χ1v) is 7.97. The van der Waals surface area contributed by atoms with Gasteiger partial charge in [-0.15, -0.1) is 0 Å². The van der Waals surface area contributed by atoms with Crippen LogP contribution in [-0.4, -0.2) is 36.1 Å². The molecule has 2 N–H and O–H groups in total. The fourth-order valence-electron chi connectivity index (χ4n) is 3.53. The molecule has 0 radical (unpaired) electrons. The predicted octanol–water partition coefficient (Wildman–Crippen LogP) is 2.25. The number of hydrogen-bond acceptors (Lipinski definition) is 3. The molecule has 114 valence electrons. The molecule has 2 fully saturated rings. The molecule has 0 aromatic heterocycles. The maximum absolute atomic E-state index is 12.6. The van der Waals surface area contributed by atoms with Gasteiger partial charge in [0.1, 0.15) is 0 Å². The Bertz CT molecular complexity index is 475. The summed E-state index contributed by atoms with van der Waals surface area (Å²) in [5.41, 5.74) is 7.22. The monoisotopic (exact) mass is 288 g/mol. The zero-order chi connectivity index (χ0) is 14.7. The summed E-state index contributed by atoms with van der Waals surface area (Å²) >= 11 is 0. The molecule has 21 heavy (non-hydrogen) atoms. The first-order valence-electron chi connectivity index (χ1n) is 7.97. The van der Waals surface area contributed by atoms with E-state index in [1.54, 1.807) is 0 Å². The van der Waals surface area contributed by atoms with Crippen molar-refractivity contribution < 1.29 is 9.53 Å². The minimum atomic E-state index is -0.219. The third kappa shape index (κ3) is 3.27. The van der Waals surface area contributed by atoms with E-state index in [1.165, 1.54) is 12.8 Å². The molecular formula is C17H24N2O2. The molecular weight excluding hydrogens is 264 g/mol. The van der Waals surface area contributed by atoms with Gasteiger partial charge in [0.2, 0.25) is 5.91 Å². The number of rotatable bonds is 3. The van der Waals surface area contributed by atoms with Gasteiger partial charge in [-0.05, 0) is 18.4 Å². The van der Waals surface area contributed by atoms with Crippen molar-refractivity contribution in [2.24, 2.45) is 5.73 Å². The lowest BCUT2D eigenvalue weighted by molar-refractivity contribution is -0.149. The Morgan fingerprint density at radius 1 is 1.29 bits per heavy atom. The number of ether oxygens (including phenoxy) is 1. The van der Waals surface area contributed by atoms with Crippen molar-refractivity contribution in [3.63, 3.8) is 0 Å². The Morgan fingerprint density at radius 2 is 2.05 bits per heavy atom. The van der Waals surface area contributed by atoms with Crippen LogP contribution in [0.3, 0.4) is 0 Å². The second-order valence-electron chi connectivity index (χ2n) is 6.07. The Balaban J connectivity index is 1.64. The fraction of sp³-hybridized carbons (Fsp3) is 0.588. The minimum absolute atomic E-state index is 0.173. The SMILES string of the molecule is NC(CC(=O)N1CCOC2CCCCC21)c1ccccc1. The van der Waals surface area contributed by atoms with Crippen LogP contribution < -0.4 is 5.73 Å². The summed E-state index contributed by atoms with van der Waals surface area (Å²) < 4.78 is 5.83. The number of carbonyl (C=O) groups is 1. The molecule has 1 aliphatic carbocycles. The average Bonchev–Trinajstić information content (AvgIpc) is 2.55. The molecule has 0 bridgehead atoms. The maximum Gasteiger partial charge on any atom is 0.224 e. The van der Waals surface area contributed by atoms with Crippen LogP contribution in [0.25, 0.3) is 0 Å². The number of fused-ring (bicyclic) bond motifs is 1. The zero-order valence-corrected chi connectivity index (χ0v) is 12.4. The molecule has 3 atom stereocenters. The van der Waals surface area contributed by atoms with Crippen molar-refractivity contribution >= 4 is 5.91 Å². The van der Waals surface area contributed by atoms with Gasteiger partial charge in [0.25, 0.3) is 0 Å². The highest BCUT2D eigenvalue weighted by atomic mass is 16.5. The standard InChI is InChI=1S/C17H24N2O2/c18-14(13-6-2-1-3-7-13)12-17(20)19-10-11-21-16-9-5-4-8-15(16)19/h1-3,6-7,14-16H,4-5,8-12,18H2. The third-order valence-electron chi connectivity index (χ3n) is 4.67. The van der Waals surface area contributed by atoms with Gasteiger partial charge in [0.05, 0.1) is 18.8 Å². The number of morpholine rings is 1. The first kappa shape index (κ1) is 14.5. The van der Waals surface area contributed by atoms with E-state index in [2.05, 4.69) is 0 Å². The summed E-state index contributed by atoms with van der Waals surface area (Å²) in [4.78, 5) is 14.7. The Morgan fingerprint density at radius 3 is 2.86 bits per heavy atom. The van der Waals surface area contributed by atoms with E-state index in [4.69, 9.17) is 10.5 Å². The summed E-state index contributed by atoms with van der Waals surface area (Å²) in [5, 5.41) is 0. The highest BCUT2D eigenvalue weighted by molar-refractivity contribution is 5.77. The van der Waals surface area contributed by atoms with Gasteiger partial charge in [-0.3, -0.25) is 4.79 Å². The topological polar surface area (TPSA) is 55.6 Å². The van der Waals surface area contributed by atoms with Crippen molar-refractivity contribution in [2.75, 3.05) is 13.2 Å². The third-order valence-corrected chi connectivity index (χ3v) is 4.67. The quantitative estimate of drug-likeness (QED) is 0.928. The van der Waals surface area contributed by atoms with E-state index in [-0.39, 0.29) is 24.1 Å². The molecule has 1 aromatic carbocycles. The van der Waals surface area contributed by atoms with E-state index >= 15 is 0 Å². The molecule has 1 aromatic rings. The van der Waals surface area contributed by atoms with Crippen LogP contribution in [0.4, 0.5) is 0 Å².